The molecule has 16 heavy (non-hydrogen) atoms. The van der Waals surface area contributed by atoms with E-state index in [4.69, 9.17) is 0 Å². The summed E-state index contributed by atoms with van der Waals surface area (Å²) in [7, 11) is 0. The van der Waals surface area contributed by atoms with Crippen LogP contribution < -0.4 is 0 Å². The van der Waals surface area contributed by atoms with Crippen LogP contribution >= 0.6 is 22.6 Å². The van der Waals surface area contributed by atoms with Gasteiger partial charge in [0, 0.05) is 15.7 Å². The second kappa shape index (κ2) is 5.43. The van der Waals surface area contributed by atoms with Crippen LogP contribution in [0, 0.1) is 3.57 Å². The van der Waals surface area contributed by atoms with Crippen LogP contribution in [-0.2, 0) is 6.54 Å². The zero-order valence-corrected chi connectivity index (χ0v) is 11.4. The lowest BCUT2D eigenvalue weighted by Gasteiger charge is -1.97. The van der Waals surface area contributed by atoms with Gasteiger partial charge in [0.05, 0.1) is 0 Å². The maximum absolute atomic E-state index is 4.46. The molecule has 0 atom stereocenters. The van der Waals surface area contributed by atoms with Crippen LogP contribution in [0.4, 0.5) is 0 Å². The van der Waals surface area contributed by atoms with Crippen molar-refractivity contribution in [2.45, 2.75) is 26.3 Å². The maximum atomic E-state index is 4.46. The van der Waals surface area contributed by atoms with Crippen molar-refractivity contribution in [1.29, 1.82) is 0 Å². The van der Waals surface area contributed by atoms with Gasteiger partial charge in [-0.05, 0) is 41.1 Å². The number of benzene rings is 1. The average molecular weight is 327 g/mol. The molecule has 1 aromatic heterocycles. The molecule has 2 aromatic rings. The van der Waals surface area contributed by atoms with Crippen molar-refractivity contribution < 1.29 is 0 Å². The molecule has 0 aliphatic heterocycles. The minimum absolute atomic E-state index is 0.814. The molecule has 0 bridgehead atoms. The Morgan fingerprint density at radius 1 is 1.38 bits per heavy atom. The summed E-state index contributed by atoms with van der Waals surface area (Å²) >= 11 is 2.30. The molecular formula is C12H14IN3. The second-order valence-corrected chi connectivity index (χ2v) is 4.94. The van der Waals surface area contributed by atoms with Crippen LogP contribution in [0.25, 0.3) is 11.4 Å². The van der Waals surface area contributed by atoms with Gasteiger partial charge in [-0.1, -0.05) is 25.5 Å². The molecule has 0 spiro atoms. The highest BCUT2D eigenvalue weighted by Gasteiger charge is 2.03. The summed E-state index contributed by atoms with van der Waals surface area (Å²) < 4.78 is 3.12. The van der Waals surface area contributed by atoms with Gasteiger partial charge < -0.3 is 0 Å². The van der Waals surface area contributed by atoms with E-state index in [9.17, 15) is 0 Å². The van der Waals surface area contributed by atoms with Crippen molar-refractivity contribution in [3.63, 3.8) is 0 Å². The molecule has 0 N–H and O–H groups in total. The first-order valence-corrected chi connectivity index (χ1v) is 6.53. The number of hydrogen-bond donors (Lipinski definition) is 0. The quantitative estimate of drug-likeness (QED) is 0.807. The summed E-state index contributed by atoms with van der Waals surface area (Å²) in [6, 6.07) is 8.24. The lowest BCUT2D eigenvalue weighted by atomic mass is 10.2. The summed E-state index contributed by atoms with van der Waals surface area (Å²) in [6.07, 6.45) is 4.14. The van der Waals surface area contributed by atoms with Gasteiger partial charge in [0.15, 0.2) is 5.82 Å². The molecule has 0 saturated heterocycles. The van der Waals surface area contributed by atoms with Gasteiger partial charge in [0.2, 0.25) is 0 Å². The molecule has 0 fully saturated rings. The fourth-order valence-corrected chi connectivity index (χ4v) is 2.03. The maximum Gasteiger partial charge on any atom is 0.181 e. The third-order valence-electron chi connectivity index (χ3n) is 2.36. The molecular weight excluding hydrogens is 313 g/mol. The Hall–Kier alpha value is -0.910. The van der Waals surface area contributed by atoms with Crippen molar-refractivity contribution in [3.05, 3.63) is 34.2 Å². The third kappa shape index (κ3) is 2.81. The second-order valence-electron chi connectivity index (χ2n) is 3.70. The molecule has 3 nitrogen and oxygen atoms in total. The number of rotatable bonds is 4. The fraction of sp³-hybridized carbons (Fsp3) is 0.333. The van der Waals surface area contributed by atoms with Gasteiger partial charge in [-0.2, -0.15) is 5.10 Å². The van der Waals surface area contributed by atoms with Gasteiger partial charge in [0.1, 0.15) is 6.33 Å². The van der Waals surface area contributed by atoms with Crippen LogP contribution in [0.3, 0.4) is 0 Å². The van der Waals surface area contributed by atoms with Gasteiger partial charge in [-0.3, -0.25) is 4.68 Å². The van der Waals surface area contributed by atoms with E-state index in [1.54, 1.807) is 0 Å². The van der Waals surface area contributed by atoms with E-state index >= 15 is 0 Å². The van der Waals surface area contributed by atoms with Crippen molar-refractivity contribution in [3.8, 4) is 11.4 Å². The highest BCUT2D eigenvalue weighted by atomic mass is 127. The van der Waals surface area contributed by atoms with E-state index in [0.717, 1.165) is 24.4 Å². The van der Waals surface area contributed by atoms with E-state index in [0.29, 0.717) is 0 Å². The van der Waals surface area contributed by atoms with Crippen molar-refractivity contribution in [2.24, 2.45) is 0 Å². The first-order chi connectivity index (χ1) is 7.79. The summed E-state index contributed by atoms with van der Waals surface area (Å²) in [5.41, 5.74) is 1.09. The Kier molecular flexibility index (Phi) is 3.93. The Morgan fingerprint density at radius 2 is 2.25 bits per heavy atom. The van der Waals surface area contributed by atoms with E-state index in [1.165, 1.54) is 9.99 Å². The smallest absolute Gasteiger partial charge is 0.181 e. The van der Waals surface area contributed by atoms with Crippen LogP contribution in [0.5, 0.6) is 0 Å². The number of nitrogens with zero attached hydrogens (tertiary/aromatic N) is 3. The molecule has 84 valence electrons. The van der Waals surface area contributed by atoms with Crippen LogP contribution in [0.15, 0.2) is 30.6 Å². The molecule has 2 rings (SSSR count). The standard InChI is InChI=1S/C12H14IN3/c1-2-3-7-16-9-14-12(15-16)10-5-4-6-11(13)8-10/h4-6,8-9H,2-3,7H2,1H3. The Balaban J connectivity index is 2.18. The SMILES string of the molecule is CCCCn1cnc(-c2cccc(I)c2)n1. The minimum atomic E-state index is 0.814. The Labute approximate surface area is 109 Å². The van der Waals surface area contributed by atoms with Gasteiger partial charge in [0.25, 0.3) is 0 Å². The number of halogens is 1. The normalized spacial score (nSPS) is 10.6. The van der Waals surface area contributed by atoms with Crippen LogP contribution in [0.1, 0.15) is 19.8 Å². The van der Waals surface area contributed by atoms with Crippen LogP contribution in [0.2, 0.25) is 0 Å². The topological polar surface area (TPSA) is 30.7 Å². The highest BCUT2D eigenvalue weighted by molar-refractivity contribution is 14.1. The summed E-state index contributed by atoms with van der Waals surface area (Å²) in [5, 5.41) is 4.46. The third-order valence-corrected chi connectivity index (χ3v) is 3.03. The molecule has 0 aliphatic rings. The fourth-order valence-electron chi connectivity index (χ4n) is 1.48. The number of hydrogen-bond acceptors (Lipinski definition) is 2. The monoisotopic (exact) mass is 327 g/mol. The Morgan fingerprint density at radius 3 is 3.00 bits per heavy atom. The first kappa shape index (κ1) is 11.6. The lowest BCUT2D eigenvalue weighted by molar-refractivity contribution is 0.571. The van der Waals surface area contributed by atoms with Gasteiger partial charge in [-0.15, -0.1) is 0 Å². The lowest BCUT2D eigenvalue weighted by Crippen LogP contribution is -1.97. The minimum Gasteiger partial charge on any atom is -0.252 e. The predicted molar refractivity (Wildman–Crippen MR) is 73.1 cm³/mol. The molecule has 0 saturated carbocycles. The number of unbranched alkanes of at least 4 members (excludes halogenated alkanes) is 1. The van der Waals surface area contributed by atoms with Gasteiger partial charge >= 0.3 is 0 Å². The van der Waals surface area contributed by atoms with Gasteiger partial charge in [-0.25, -0.2) is 4.98 Å². The number of aryl methyl sites for hydroxylation is 1. The molecule has 4 heteroatoms. The summed E-state index contributed by atoms with van der Waals surface area (Å²) in [6.45, 7) is 3.13. The van der Waals surface area contributed by atoms with E-state index < -0.39 is 0 Å². The Bertz CT molecular complexity index is 465. The molecule has 1 aromatic carbocycles. The number of aromatic nitrogens is 3. The summed E-state index contributed by atoms with van der Waals surface area (Å²) in [4.78, 5) is 4.33. The first-order valence-electron chi connectivity index (χ1n) is 5.45. The molecule has 0 radical (unpaired) electrons. The van der Waals surface area contributed by atoms with E-state index in [-0.39, 0.29) is 0 Å². The highest BCUT2D eigenvalue weighted by Crippen LogP contribution is 2.17. The van der Waals surface area contributed by atoms with E-state index in [2.05, 4.69) is 51.7 Å². The molecule has 0 unspecified atom stereocenters. The largest absolute Gasteiger partial charge is 0.252 e. The summed E-state index contributed by atoms with van der Waals surface area (Å²) in [5.74, 6) is 0.814. The molecule has 0 aliphatic carbocycles. The molecule has 1 heterocycles. The average Bonchev–Trinajstić information content (AvgIpc) is 2.75. The van der Waals surface area contributed by atoms with Crippen molar-refractivity contribution in [2.75, 3.05) is 0 Å². The van der Waals surface area contributed by atoms with Crippen molar-refractivity contribution in [1.82, 2.24) is 14.8 Å². The van der Waals surface area contributed by atoms with Crippen LogP contribution in [-0.4, -0.2) is 14.8 Å². The molecule has 0 amide bonds. The predicted octanol–water partition coefficient (Wildman–Crippen LogP) is 3.35. The van der Waals surface area contributed by atoms with E-state index in [1.807, 2.05) is 23.1 Å². The zero-order chi connectivity index (χ0) is 11.4. The zero-order valence-electron chi connectivity index (χ0n) is 9.23. The van der Waals surface area contributed by atoms with Crippen molar-refractivity contribution >= 4 is 22.6 Å².